The first-order valence-electron chi connectivity index (χ1n) is 10.2. The third-order valence-electron chi connectivity index (χ3n) is 5.51. The van der Waals surface area contributed by atoms with Crippen LogP contribution in [0.3, 0.4) is 0 Å². The summed E-state index contributed by atoms with van der Waals surface area (Å²) in [5.41, 5.74) is 1.65. The van der Waals surface area contributed by atoms with Crippen molar-refractivity contribution >= 4 is 27.1 Å². The fourth-order valence-electron chi connectivity index (χ4n) is 3.69. The highest BCUT2D eigenvalue weighted by molar-refractivity contribution is 7.91. The van der Waals surface area contributed by atoms with Crippen molar-refractivity contribution in [2.45, 2.75) is 17.2 Å². The summed E-state index contributed by atoms with van der Waals surface area (Å²) in [5.74, 6) is -3.44. The number of piperazine rings is 1. The molecule has 33 heavy (non-hydrogen) atoms. The number of benzene rings is 2. The summed E-state index contributed by atoms with van der Waals surface area (Å²) in [6.45, 7) is 3.14. The van der Waals surface area contributed by atoms with E-state index < -0.39 is 20.5 Å². The summed E-state index contributed by atoms with van der Waals surface area (Å²) in [6.07, 6.45) is 1.59. The maximum atomic E-state index is 12.7. The molecular formula is C22H21ClF2N4O3S. The molecule has 0 radical (unpaired) electrons. The molecule has 2 aromatic carbocycles. The zero-order valence-corrected chi connectivity index (χ0v) is 19.0. The molecule has 1 aromatic heterocycles. The normalized spacial score (nSPS) is 15.2. The van der Waals surface area contributed by atoms with E-state index in [4.69, 9.17) is 11.6 Å². The van der Waals surface area contributed by atoms with Crippen molar-refractivity contribution in [2.24, 2.45) is 0 Å². The van der Waals surface area contributed by atoms with Gasteiger partial charge in [0, 0.05) is 32.7 Å². The first-order chi connectivity index (χ1) is 15.8. The summed E-state index contributed by atoms with van der Waals surface area (Å²) < 4.78 is 49.7. The number of aromatic nitrogens is 2. The van der Waals surface area contributed by atoms with Crippen LogP contribution in [-0.2, 0) is 16.4 Å². The van der Waals surface area contributed by atoms with Gasteiger partial charge in [-0.25, -0.2) is 8.42 Å². The molecule has 1 aliphatic heterocycles. The van der Waals surface area contributed by atoms with Crippen molar-refractivity contribution in [3.63, 3.8) is 0 Å². The minimum absolute atomic E-state index is 0.109. The van der Waals surface area contributed by atoms with E-state index in [1.165, 1.54) is 16.8 Å². The van der Waals surface area contributed by atoms with Gasteiger partial charge in [0.25, 0.3) is 5.56 Å². The lowest BCUT2D eigenvalue weighted by Crippen LogP contribution is -2.46. The Morgan fingerprint density at radius 3 is 2.21 bits per heavy atom. The number of rotatable bonds is 6. The molecule has 4 rings (SSSR count). The van der Waals surface area contributed by atoms with Crippen LogP contribution < -0.4 is 10.5 Å². The number of alkyl halides is 2. The zero-order valence-electron chi connectivity index (χ0n) is 17.4. The van der Waals surface area contributed by atoms with Crippen LogP contribution in [0.2, 0.25) is 5.02 Å². The second-order valence-electron chi connectivity index (χ2n) is 7.61. The Balaban J connectivity index is 1.40. The predicted molar refractivity (Wildman–Crippen MR) is 122 cm³/mol. The molecule has 0 aliphatic carbocycles. The van der Waals surface area contributed by atoms with Gasteiger partial charge in [-0.2, -0.15) is 18.6 Å². The zero-order chi connectivity index (χ0) is 23.6. The fraction of sp³-hybridized carbons (Fsp3) is 0.273. The molecule has 0 spiro atoms. The summed E-state index contributed by atoms with van der Waals surface area (Å²) in [6, 6.07) is 14.5. The molecule has 1 saturated heterocycles. The highest BCUT2D eigenvalue weighted by atomic mass is 35.5. The van der Waals surface area contributed by atoms with E-state index in [0.717, 1.165) is 5.56 Å². The van der Waals surface area contributed by atoms with Crippen LogP contribution >= 0.6 is 11.6 Å². The number of hydrogen-bond donors (Lipinski definition) is 0. The maximum Gasteiger partial charge on any atom is 0.341 e. The van der Waals surface area contributed by atoms with Crippen molar-refractivity contribution in [3.8, 4) is 5.69 Å². The average Bonchev–Trinajstić information content (AvgIpc) is 2.82. The van der Waals surface area contributed by atoms with E-state index >= 15 is 0 Å². The first-order valence-corrected chi connectivity index (χ1v) is 12.1. The largest absolute Gasteiger partial charge is 0.366 e. The van der Waals surface area contributed by atoms with E-state index in [9.17, 15) is 22.0 Å². The summed E-state index contributed by atoms with van der Waals surface area (Å²) in [5, 5.41) is 4.38. The van der Waals surface area contributed by atoms with Gasteiger partial charge in [-0.3, -0.25) is 9.69 Å². The van der Waals surface area contributed by atoms with Gasteiger partial charge < -0.3 is 4.90 Å². The van der Waals surface area contributed by atoms with E-state index in [-0.39, 0.29) is 10.6 Å². The smallest absolute Gasteiger partial charge is 0.341 e. The van der Waals surface area contributed by atoms with Crippen LogP contribution in [0.4, 0.5) is 14.5 Å². The highest BCUT2D eigenvalue weighted by Crippen LogP contribution is 2.24. The molecule has 3 aromatic rings. The van der Waals surface area contributed by atoms with Gasteiger partial charge in [0.05, 0.1) is 22.5 Å². The quantitative estimate of drug-likeness (QED) is 0.524. The highest BCUT2D eigenvalue weighted by Gasteiger charge is 2.26. The SMILES string of the molecule is O=c1c(Cl)c(N2CCN(Cc3ccc(S(=O)(=O)C(F)F)cc3)CC2)cnn1-c1ccccc1. The summed E-state index contributed by atoms with van der Waals surface area (Å²) in [7, 11) is -4.59. The number of nitrogens with zero attached hydrogens (tertiary/aromatic N) is 4. The van der Waals surface area contributed by atoms with Crippen molar-refractivity contribution in [1.82, 2.24) is 14.7 Å². The molecule has 1 fully saturated rings. The predicted octanol–water partition coefficient (Wildman–Crippen LogP) is 3.20. The Morgan fingerprint density at radius 1 is 0.970 bits per heavy atom. The topological polar surface area (TPSA) is 75.5 Å². The second kappa shape index (κ2) is 9.58. The van der Waals surface area contributed by atoms with Crippen LogP contribution in [0.25, 0.3) is 5.69 Å². The average molecular weight is 495 g/mol. The lowest BCUT2D eigenvalue weighted by atomic mass is 10.2. The molecule has 0 amide bonds. The molecule has 0 N–H and O–H groups in total. The molecule has 0 atom stereocenters. The van der Waals surface area contributed by atoms with Crippen molar-refractivity contribution in [2.75, 3.05) is 31.1 Å². The Kier molecular flexibility index (Phi) is 6.78. The van der Waals surface area contributed by atoms with Crippen molar-refractivity contribution in [1.29, 1.82) is 0 Å². The lowest BCUT2D eigenvalue weighted by molar-refractivity contribution is 0.234. The second-order valence-corrected chi connectivity index (χ2v) is 9.90. The van der Waals surface area contributed by atoms with Gasteiger partial charge in [0.15, 0.2) is 0 Å². The number of anilines is 1. The monoisotopic (exact) mass is 494 g/mol. The van der Waals surface area contributed by atoms with Crippen LogP contribution in [0.1, 0.15) is 5.56 Å². The van der Waals surface area contributed by atoms with Gasteiger partial charge in [-0.15, -0.1) is 0 Å². The Labute approximate surface area is 194 Å². The third-order valence-corrected chi connectivity index (χ3v) is 7.26. The molecule has 0 saturated carbocycles. The Bertz CT molecular complexity index is 1280. The number of para-hydroxylation sites is 1. The van der Waals surface area contributed by atoms with E-state index in [0.29, 0.717) is 44.1 Å². The molecular weight excluding hydrogens is 474 g/mol. The Hall–Kier alpha value is -2.82. The molecule has 0 unspecified atom stereocenters. The Morgan fingerprint density at radius 2 is 1.61 bits per heavy atom. The van der Waals surface area contributed by atoms with Crippen LogP contribution in [0.5, 0.6) is 0 Å². The van der Waals surface area contributed by atoms with Crippen LogP contribution in [0, 0.1) is 0 Å². The fourth-order valence-corrected chi connectivity index (χ4v) is 4.66. The number of sulfone groups is 1. The summed E-state index contributed by atoms with van der Waals surface area (Å²) >= 11 is 6.39. The summed E-state index contributed by atoms with van der Waals surface area (Å²) in [4.78, 5) is 16.5. The van der Waals surface area contributed by atoms with Crippen LogP contribution in [0.15, 0.2) is 70.5 Å². The van der Waals surface area contributed by atoms with Gasteiger partial charge in [0.1, 0.15) is 5.02 Å². The van der Waals surface area contributed by atoms with Gasteiger partial charge in [-0.05, 0) is 29.8 Å². The third kappa shape index (κ3) is 4.92. The van der Waals surface area contributed by atoms with Crippen molar-refractivity contribution < 1.29 is 17.2 Å². The lowest BCUT2D eigenvalue weighted by Gasteiger charge is -2.36. The van der Waals surface area contributed by atoms with E-state index in [2.05, 4.69) is 10.00 Å². The minimum Gasteiger partial charge on any atom is -0.366 e. The minimum atomic E-state index is -4.59. The molecule has 1 aliphatic rings. The van der Waals surface area contributed by atoms with Crippen LogP contribution in [-0.4, -0.2) is 55.0 Å². The van der Waals surface area contributed by atoms with E-state index in [1.807, 2.05) is 23.1 Å². The standard InChI is InChI=1S/C22H21ClF2N4O3S/c23-20-19(14-26-29(21(20)30)17-4-2-1-3-5-17)28-12-10-27(11-13-28)15-16-6-8-18(9-7-16)33(31,32)22(24)25/h1-9,14,22H,10-13,15H2. The first kappa shape index (κ1) is 23.3. The molecule has 7 nitrogen and oxygen atoms in total. The maximum absolute atomic E-state index is 12.7. The van der Waals surface area contributed by atoms with Crippen molar-refractivity contribution in [3.05, 3.63) is 81.7 Å². The van der Waals surface area contributed by atoms with Gasteiger partial charge in [-0.1, -0.05) is 41.9 Å². The molecule has 174 valence electrons. The molecule has 0 bridgehead atoms. The molecule has 2 heterocycles. The number of halogens is 3. The van der Waals surface area contributed by atoms with E-state index in [1.54, 1.807) is 30.5 Å². The molecule has 11 heteroatoms. The van der Waals surface area contributed by atoms with Gasteiger partial charge >= 0.3 is 5.76 Å². The number of hydrogen-bond acceptors (Lipinski definition) is 6. The van der Waals surface area contributed by atoms with Gasteiger partial charge in [0.2, 0.25) is 9.84 Å².